The van der Waals surface area contributed by atoms with Gasteiger partial charge in [0, 0.05) is 17.6 Å². The lowest BCUT2D eigenvalue weighted by Crippen LogP contribution is -2.54. The molecule has 1 fully saturated rings. The number of aromatic nitrogens is 4. The van der Waals surface area contributed by atoms with Crippen LogP contribution in [-0.4, -0.2) is 58.1 Å². The number of halogens is 1. The summed E-state index contributed by atoms with van der Waals surface area (Å²) >= 11 is 6.05. The Bertz CT molecular complexity index is 1390. The Morgan fingerprint density at radius 1 is 0.969 bits per heavy atom. The molecule has 1 saturated heterocycles. The lowest BCUT2D eigenvalue weighted by molar-refractivity contribution is 0.143. The molecule has 4 aromatic rings. The van der Waals surface area contributed by atoms with E-state index in [4.69, 9.17) is 27.3 Å². The van der Waals surface area contributed by atoms with Crippen molar-refractivity contribution in [3.05, 3.63) is 68.5 Å². The van der Waals surface area contributed by atoms with E-state index in [0.29, 0.717) is 31.1 Å². The monoisotopic (exact) mass is 445 g/mol. The quantitative estimate of drug-likeness (QED) is 0.463. The molecule has 0 bridgehead atoms. The lowest BCUT2D eigenvalue weighted by atomic mass is 9.58. The van der Waals surface area contributed by atoms with Crippen LogP contribution < -0.4 is 11.4 Å². The average molecular weight is 446 g/mol. The molecule has 0 spiro atoms. The first-order valence-corrected chi connectivity index (χ1v) is 11.1. The first-order chi connectivity index (χ1) is 15.3. The number of benzene rings is 2. The molecule has 3 heterocycles. The molecule has 0 aliphatic carbocycles. The minimum absolute atomic E-state index is 0.0562. The normalized spacial score (nSPS) is 16.3. The smallest absolute Gasteiger partial charge is 0.314 e. The third-order valence-corrected chi connectivity index (χ3v) is 6.75. The number of piperidine rings is 1. The van der Waals surface area contributed by atoms with E-state index in [-0.39, 0.29) is 17.4 Å². The van der Waals surface area contributed by atoms with Gasteiger partial charge in [0.1, 0.15) is 0 Å². The van der Waals surface area contributed by atoms with Gasteiger partial charge in [0.05, 0.1) is 37.8 Å². The maximum atomic E-state index is 12.6. The number of nitrogens with one attached hydrogen (secondary N) is 2. The van der Waals surface area contributed by atoms with E-state index in [9.17, 15) is 9.59 Å². The van der Waals surface area contributed by atoms with E-state index in [1.54, 1.807) is 16.7 Å². The van der Waals surface area contributed by atoms with Gasteiger partial charge < -0.3 is 14.9 Å². The molecule has 32 heavy (non-hydrogen) atoms. The van der Waals surface area contributed by atoms with Crippen LogP contribution in [0.2, 0.25) is 5.02 Å². The van der Waals surface area contributed by atoms with Crippen molar-refractivity contribution in [2.45, 2.75) is 37.2 Å². The Morgan fingerprint density at radius 3 is 2.47 bits per heavy atom. The summed E-state index contributed by atoms with van der Waals surface area (Å²) in [6, 6.07) is 13.0. The molecule has 160 valence electrons. The van der Waals surface area contributed by atoms with Gasteiger partial charge >= 0.3 is 11.4 Å². The van der Waals surface area contributed by atoms with Crippen LogP contribution in [0.4, 0.5) is 0 Å². The molecular formula is C22H22B2ClN5O2. The molecule has 1 aliphatic rings. The SMILES string of the molecule is [B]C([B])(CCn1c(=O)[nH]c2ccccc21)N1CCC(n2c(=O)[nH]c3cc(Cl)ccc32)CC1. The zero-order valence-electron chi connectivity index (χ0n) is 17.6. The predicted molar refractivity (Wildman–Crippen MR) is 129 cm³/mol. The Labute approximate surface area is 192 Å². The van der Waals surface area contributed by atoms with Gasteiger partial charge in [-0.3, -0.25) is 9.13 Å². The van der Waals surface area contributed by atoms with Gasteiger partial charge in [-0.05, 0) is 62.7 Å². The molecule has 2 aromatic heterocycles. The number of H-pyrrole nitrogens is 2. The van der Waals surface area contributed by atoms with Crippen LogP contribution in [0, 0.1) is 0 Å². The maximum absolute atomic E-state index is 12.6. The summed E-state index contributed by atoms with van der Waals surface area (Å²) in [5.74, 6) is 0. The summed E-state index contributed by atoms with van der Waals surface area (Å²) in [6.07, 6.45) is 1.92. The highest BCUT2D eigenvalue weighted by atomic mass is 35.5. The molecule has 2 aromatic carbocycles. The molecule has 0 amide bonds. The van der Waals surface area contributed by atoms with Gasteiger partial charge in [0.2, 0.25) is 0 Å². The Morgan fingerprint density at radius 2 is 1.69 bits per heavy atom. The average Bonchev–Trinajstić information content (AvgIpc) is 3.26. The van der Waals surface area contributed by atoms with Crippen LogP contribution in [0.25, 0.3) is 22.1 Å². The largest absolute Gasteiger partial charge is 0.326 e. The van der Waals surface area contributed by atoms with E-state index in [1.165, 1.54) is 0 Å². The Balaban J connectivity index is 1.28. The Kier molecular flexibility index (Phi) is 5.34. The third kappa shape index (κ3) is 3.73. The second kappa shape index (κ2) is 8.05. The fourth-order valence-corrected chi connectivity index (χ4v) is 4.96. The van der Waals surface area contributed by atoms with Crippen molar-refractivity contribution in [1.82, 2.24) is 24.0 Å². The first kappa shape index (κ1) is 21.2. The Hall–Kier alpha value is -2.64. The summed E-state index contributed by atoms with van der Waals surface area (Å²) in [5.41, 5.74) is 2.92. The first-order valence-electron chi connectivity index (χ1n) is 10.7. The highest BCUT2D eigenvalue weighted by Crippen LogP contribution is 2.29. The van der Waals surface area contributed by atoms with Crippen LogP contribution in [0.1, 0.15) is 25.3 Å². The number of rotatable bonds is 5. The summed E-state index contributed by atoms with van der Waals surface area (Å²) in [4.78, 5) is 32.7. The van der Waals surface area contributed by atoms with Crippen LogP contribution in [-0.2, 0) is 6.54 Å². The number of nitrogens with zero attached hydrogens (tertiary/aromatic N) is 3. The standard InChI is InChI=1S/C22H22B2ClN5O2/c23-22(24,9-12-29-18-4-2-1-3-16(18)26-20(29)31)28-10-7-15(8-11-28)30-19-6-5-14(25)13-17(19)27-21(30)32/h1-6,13,15H,7-12H2,(H,26,31)(H,27,32). The number of hydrogen-bond donors (Lipinski definition) is 2. The van der Waals surface area contributed by atoms with Crippen molar-refractivity contribution in [3.63, 3.8) is 0 Å². The molecule has 5 rings (SSSR count). The molecule has 1 aliphatic heterocycles. The number of likely N-dealkylation sites (tertiary alicyclic amines) is 1. The molecule has 0 unspecified atom stereocenters. The fourth-order valence-electron chi connectivity index (χ4n) is 4.78. The van der Waals surface area contributed by atoms with E-state index in [2.05, 4.69) is 9.97 Å². The van der Waals surface area contributed by atoms with E-state index in [0.717, 1.165) is 34.9 Å². The van der Waals surface area contributed by atoms with Crippen LogP contribution in [0.5, 0.6) is 0 Å². The molecule has 4 radical (unpaired) electrons. The molecule has 10 heteroatoms. The number of hydrogen-bond acceptors (Lipinski definition) is 3. The predicted octanol–water partition coefficient (Wildman–Crippen LogP) is 2.34. The van der Waals surface area contributed by atoms with E-state index in [1.807, 2.05) is 39.8 Å². The highest BCUT2D eigenvalue weighted by molar-refractivity contribution is 6.39. The topological polar surface area (TPSA) is 78.8 Å². The number of aromatic amines is 2. The summed E-state index contributed by atoms with van der Waals surface area (Å²) in [7, 11) is 13.0. The number of aryl methyl sites for hydroxylation is 1. The van der Waals surface area contributed by atoms with Crippen molar-refractivity contribution in [1.29, 1.82) is 0 Å². The van der Waals surface area contributed by atoms with Gasteiger partial charge in [-0.2, -0.15) is 0 Å². The molecular weight excluding hydrogens is 423 g/mol. The van der Waals surface area contributed by atoms with Gasteiger partial charge in [-0.25, -0.2) is 9.59 Å². The van der Waals surface area contributed by atoms with Crippen molar-refractivity contribution < 1.29 is 0 Å². The maximum Gasteiger partial charge on any atom is 0.326 e. The van der Waals surface area contributed by atoms with Gasteiger partial charge in [-0.1, -0.05) is 29.1 Å². The van der Waals surface area contributed by atoms with Crippen LogP contribution in [0.3, 0.4) is 0 Å². The summed E-state index contributed by atoms with van der Waals surface area (Å²) < 4.78 is 3.48. The molecule has 0 saturated carbocycles. The molecule has 0 atom stereocenters. The minimum atomic E-state index is -1.05. The second-order valence-electron chi connectivity index (χ2n) is 8.52. The molecule has 2 N–H and O–H groups in total. The van der Waals surface area contributed by atoms with Crippen molar-refractivity contribution in [2.75, 3.05) is 13.1 Å². The third-order valence-electron chi connectivity index (χ3n) is 6.51. The van der Waals surface area contributed by atoms with Crippen molar-refractivity contribution in [2.24, 2.45) is 0 Å². The summed E-state index contributed by atoms with van der Waals surface area (Å²) in [6.45, 7) is 1.73. The van der Waals surface area contributed by atoms with Crippen LogP contribution in [0.15, 0.2) is 52.1 Å². The zero-order chi connectivity index (χ0) is 22.5. The second-order valence-corrected chi connectivity index (χ2v) is 8.96. The van der Waals surface area contributed by atoms with Gasteiger partial charge in [-0.15, -0.1) is 0 Å². The van der Waals surface area contributed by atoms with Crippen LogP contribution >= 0.6 is 11.6 Å². The number of para-hydroxylation sites is 2. The van der Waals surface area contributed by atoms with Gasteiger partial charge in [0.25, 0.3) is 0 Å². The fraction of sp³-hybridized carbons (Fsp3) is 0.364. The highest BCUT2D eigenvalue weighted by Gasteiger charge is 2.31. The van der Waals surface area contributed by atoms with E-state index < -0.39 is 5.34 Å². The zero-order valence-corrected chi connectivity index (χ0v) is 18.3. The van der Waals surface area contributed by atoms with Crippen molar-refractivity contribution >= 4 is 49.4 Å². The minimum Gasteiger partial charge on any atom is -0.314 e. The number of imidazole rings is 2. The number of fused-ring (bicyclic) bond motifs is 2. The summed E-state index contributed by atoms with van der Waals surface area (Å²) in [5, 5.41) is -0.465. The van der Waals surface area contributed by atoms with Crippen molar-refractivity contribution in [3.8, 4) is 0 Å². The van der Waals surface area contributed by atoms with E-state index >= 15 is 0 Å². The lowest BCUT2D eigenvalue weighted by Gasteiger charge is -2.44. The molecule has 7 nitrogen and oxygen atoms in total. The van der Waals surface area contributed by atoms with Gasteiger partial charge in [0.15, 0.2) is 0 Å².